The number of hydrogen-bond donors (Lipinski definition) is 2. The number of hydrogen-bond acceptors (Lipinski definition) is 2. The molecule has 3 N–H and O–H groups in total. The molecule has 0 amide bonds. The van der Waals surface area contributed by atoms with Gasteiger partial charge in [-0.05, 0) is 103 Å². The number of nitrogens with two attached hydrogens (primary N) is 1. The molecular formula is C41H34N2. The van der Waals surface area contributed by atoms with E-state index in [-0.39, 0.29) is 0 Å². The van der Waals surface area contributed by atoms with Crippen LogP contribution in [0.3, 0.4) is 0 Å². The highest BCUT2D eigenvalue weighted by molar-refractivity contribution is 6.21. The number of rotatable bonds is 8. The smallest absolute Gasteiger partial charge is 0.0381 e. The van der Waals surface area contributed by atoms with Crippen LogP contribution in [0.15, 0.2) is 163 Å². The second-order valence-corrected chi connectivity index (χ2v) is 10.9. The van der Waals surface area contributed by atoms with Gasteiger partial charge in [-0.1, -0.05) is 128 Å². The highest BCUT2D eigenvalue weighted by atomic mass is 14.6. The largest absolute Gasteiger partial charge is 0.398 e. The van der Waals surface area contributed by atoms with Crippen LogP contribution in [0.4, 0.5) is 0 Å². The van der Waals surface area contributed by atoms with Crippen LogP contribution in [0.2, 0.25) is 0 Å². The second kappa shape index (κ2) is 12.2. The molecule has 0 aliphatic carbocycles. The van der Waals surface area contributed by atoms with Crippen LogP contribution >= 0.6 is 0 Å². The molecule has 0 spiro atoms. The van der Waals surface area contributed by atoms with Crippen molar-refractivity contribution in [3.05, 3.63) is 169 Å². The summed E-state index contributed by atoms with van der Waals surface area (Å²) in [7, 11) is 0. The Bertz CT molecular complexity index is 2040. The van der Waals surface area contributed by atoms with Crippen molar-refractivity contribution in [1.29, 1.82) is 5.41 Å². The van der Waals surface area contributed by atoms with E-state index in [1.165, 1.54) is 66.3 Å². The minimum absolute atomic E-state index is 0.598. The van der Waals surface area contributed by atoms with Gasteiger partial charge in [-0.25, -0.2) is 0 Å². The van der Waals surface area contributed by atoms with E-state index >= 15 is 0 Å². The molecule has 0 heterocycles. The Balaban J connectivity index is 1.36. The fourth-order valence-corrected chi connectivity index (χ4v) is 5.82. The van der Waals surface area contributed by atoms with Gasteiger partial charge in [-0.3, -0.25) is 0 Å². The van der Waals surface area contributed by atoms with E-state index in [2.05, 4.69) is 128 Å². The highest BCUT2D eigenvalue weighted by Crippen LogP contribution is 2.43. The second-order valence-electron chi connectivity index (χ2n) is 10.9. The fraction of sp³-hybridized carbons (Fsp3) is 0.0488. The first-order chi connectivity index (χ1) is 21.0. The zero-order valence-electron chi connectivity index (χ0n) is 24.3. The normalized spacial score (nSPS) is 12.4. The molecule has 6 rings (SSSR count). The number of allylic oxidation sites excluding steroid dienone is 5. The minimum atomic E-state index is 0.598. The van der Waals surface area contributed by atoms with E-state index in [0.29, 0.717) is 11.3 Å². The van der Waals surface area contributed by atoms with Crippen molar-refractivity contribution in [2.75, 3.05) is 0 Å². The summed E-state index contributed by atoms with van der Waals surface area (Å²) in [6.07, 6.45) is 9.85. The number of fused-ring (bicyclic) bond motifs is 3. The van der Waals surface area contributed by atoms with Crippen LogP contribution in [0, 0.1) is 5.41 Å². The topological polar surface area (TPSA) is 49.9 Å². The SMILES string of the molecule is C=C(/C=C(/C)C=N)/C(N)=C/C=C\Cc1ccc2cc(-c3c4ccccc4c(-c4ccccc4)c4ccccc34)ccc2c1. The molecule has 0 radical (unpaired) electrons. The summed E-state index contributed by atoms with van der Waals surface area (Å²) < 4.78 is 0. The molecule has 6 aromatic rings. The van der Waals surface area contributed by atoms with E-state index in [1.54, 1.807) is 0 Å². The third-order valence-electron chi connectivity index (χ3n) is 7.95. The molecule has 43 heavy (non-hydrogen) atoms. The summed E-state index contributed by atoms with van der Waals surface area (Å²) in [6, 6.07) is 41.8. The van der Waals surface area contributed by atoms with Crippen LogP contribution in [0.5, 0.6) is 0 Å². The van der Waals surface area contributed by atoms with Crippen molar-refractivity contribution >= 4 is 38.5 Å². The van der Waals surface area contributed by atoms with Gasteiger partial charge in [0.25, 0.3) is 0 Å². The van der Waals surface area contributed by atoms with Crippen LogP contribution < -0.4 is 5.73 Å². The molecule has 208 valence electrons. The molecule has 0 fully saturated rings. The highest BCUT2D eigenvalue weighted by Gasteiger charge is 2.16. The summed E-state index contributed by atoms with van der Waals surface area (Å²) in [6.45, 7) is 5.84. The number of nitrogens with one attached hydrogen (secondary N) is 1. The van der Waals surface area contributed by atoms with E-state index < -0.39 is 0 Å². The molecule has 2 nitrogen and oxygen atoms in total. The van der Waals surface area contributed by atoms with Crippen LogP contribution in [0.1, 0.15) is 12.5 Å². The van der Waals surface area contributed by atoms with Gasteiger partial charge in [0.15, 0.2) is 0 Å². The first kappa shape index (κ1) is 27.7. The van der Waals surface area contributed by atoms with Gasteiger partial charge >= 0.3 is 0 Å². The molecule has 0 atom stereocenters. The van der Waals surface area contributed by atoms with Gasteiger partial charge in [-0.15, -0.1) is 0 Å². The summed E-state index contributed by atoms with van der Waals surface area (Å²) in [5.74, 6) is 0. The molecule has 2 heteroatoms. The van der Waals surface area contributed by atoms with Crippen LogP contribution in [-0.2, 0) is 6.42 Å². The Morgan fingerprint density at radius 2 is 1.26 bits per heavy atom. The lowest BCUT2D eigenvalue weighted by Crippen LogP contribution is -1.98. The van der Waals surface area contributed by atoms with E-state index in [9.17, 15) is 0 Å². The lowest BCUT2D eigenvalue weighted by atomic mass is 9.85. The Labute approximate surface area is 253 Å². The summed E-state index contributed by atoms with van der Waals surface area (Å²) >= 11 is 0. The maximum Gasteiger partial charge on any atom is 0.0381 e. The Kier molecular flexibility index (Phi) is 7.84. The summed E-state index contributed by atoms with van der Waals surface area (Å²) in [4.78, 5) is 0. The monoisotopic (exact) mass is 554 g/mol. The average molecular weight is 555 g/mol. The van der Waals surface area contributed by atoms with Crippen LogP contribution in [-0.4, -0.2) is 6.21 Å². The summed E-state index contributed by atoms with van der Waals surface area (Å²) in [5.41, 5.74) is 14.5. The number of benzene rings is 6. The van der Waals surface area contributed by atoms with Gasteiger partial charge < -0.3 is 11.1 Å². The molecule has 0 saturated carbocycles. The molecule has 0 unspecified atom stereocenters. The van der Waals surface area contributed by atoms with Crippen molar-refractivity contribution in [3.63, 3.8) is 0 Å². The van der Waals surface area contributed by atoms with E-state index in [0.717, 1.165) is 12.0 Å². The Hall–Kier alpha value is -5.47. The third kappa shape index (κ3) is 5.68. The average Bonchev–Trinajstić information content (AvgIpc) is 3.05. The van der Waals surface area contributed by atoms with Crippen molar-refractivity contribution in [2.24, 2.45) is 5.73 Å². The van der Waals surface area contributed by atoms with Gasteiger partial charge in [0.05, 0.1) is 0 Å². The van der Waals surface area contributed by atoms with Crippen LogP contribution in [0.25, 0.3) is 54.6 Å². The Morgan fingerprint density at radius 3 is 1.88 bits per heavy atom. The quantitative estimate of drug-likeness (QED) is 0.110. The van der Waals surface area contributed by atoms with Gasteiger partial charge in [0.1, 0.15) is 0 Å². The predicted octanol–water partition coefficient (Wildman–Crippen LogP) is 10.6. The van der Waals surface area contributed by atoms with Gasteiger partial charge in [-0.2, -0.15) is 0 Å². The first-order valence-electron chi connectivity index (χ1n) is 14.6. The molecule has 0 bridgehead atoms. The molecule has 0 aromatic heterocycles. The maximum absolute atomic E-state index is 7.31. The lowest BCUT2D eigenvalue weighted by molar-refractivity contribution is 1.28. The van der Waals surface area contributed by atoms with Gasteiger partial charge in [0, 0.05) is 11.9 Å². The first-order valence-corrected chi connectivity index (χ1v) is 14.6. The predicted molar refractivity (Wildman–Crippen MR) is 187 cm³/mol. The molecule has 0 aliphatic heterocycles. The molecule has 0 aliphatic rings. The zero-order valence-corrected chi connectivity index (χ0v) is 24.3. The fourth-order valence-electron chi connectivity index (χ4n) is 5.82. The molecule has 0 saturated heterocycles. The van der Waals surface area contributed by atoms with Crippen molar-refractivity contribution in [1.82, 2.24) is 0 Å². The van der Waals surface area contributed by atoms with E-state index in [1.807, 2.05) is 25.2 Å². The lowest BCUT2D eigenvalue weighted by Gasteiger charge is -2.18. The Morgan fingerprint density at radius 1 is 0.698 bits per heavy atom. The van der Waals surface area contributed by atoms with Crippen molar-refractivity contribution < 1.29 is 0 Å². The third-order valence-corrected chi connectivity index (χ3v) is 7.95. The maximum atomic E-state index is 7.31. The standard InChI is InChI=1S/C41H34N2/c1-28(27-42)24-29(2)39(43)19-11-6-12-30-20-21-33-26-34(23-22-32(33)25-30)41-37-17-9-7-15-35(37)40(31-13-4-3-5-14-31)36-16-8-10-18-38(36)41/h3-11,13-27,42H,2,12,43H2,1H3/b11-6-,28-24-,39-19-,42-27?. The molecular weight excluding hydrogens is 520 g/mol. The minimum Gasteiger partial charge on any atom is -0.398 e. The van der Waals surface area contributed by atoms with E-state index in [4.69, 9.17) is 11.1 Å². The summed E-state index contributed by atoms with van der Waals surface area (Å²) in [5, 5.41) is 14.8. The molecule has 6 aromatic carbocycles. The van der Waals surface area contributed by atoms with Crippen molar-refractivity contribution in [2.45, 2.75) is 13.3 Å². The zero-order chi connectivity index (χ0) is 29.8. The van der Waals surface area contributed by atoms with Gasteiger partial charge in [0.2, 0.25) is 0 Å². The van der Waals surface area contributed by atoms with Crippen molar-refractivity contribution in [3.8, 4) is 22.3 Å².